The topological polar surface area (TPSA) is 76.1 Å². The fraction of sp³-hybridized carbons (Fsp3) is 0.667. The van der Waals surface area contributed by atoms with Crippen LogP contribution in [-0.2, 0) is 21.4 Å². The van der Waals surface area contributed by atoms with Crippen molar-refractivity contribution in [2.45, 2.75) is 68.9 Å². The van der Waals surface area contributed by atoms with Crippen LogP contribution in [0.3, 0.4) is 0 Å². The number of piperidine rings is 1. The number of aliphatic hydroxyl groups is 1. The number of nitrogens with zero attached hydrogens (tertiary/aromatic N) is 1. The number of ether oxygens (including phenoxy) is 2. The highest BCUT2D eigenvalue weighted by molar-refractivity contribution is 5.73. The number of aldehydes is 1. The molecule has 2 saturated carbocycles. The second-order valence-corrected chi connectivity index (χ2v) is 9.78. The summed E-state index contributed by atoms with van der Waals surface area (Å²) >= 11 is 0. The summed E-state index contributed by atoms with van der Waals surface area (Å²) in [6, 6.07) is 3.95. The zero-order chi connectivity index (χ0) is 21.1. The van der Waals surface area contributed by atoms with Gasteiger partial charge in [-0.1, -0.05) is 6.07 Å². The van der Waals surface area contributed by atoms with E-state index in [2.05, 4.69) is 11.0 Å². The van der Waals surface area contributed by atoms with E-state index in [1.54, 1.807) is 7.11 Å². The van der Waals surface area contributed by atoms with Crippen molar-refractivity contribution in [2.24, 2.45) is 11.8 Å². The molecule has 1 N–H and O–H groups in total. The van der Waals surface area contributed by atoms with Gasteiger partial charge in [-0.05, 0) is 69.0 Å². The molecular weight excluding hydrogens is 382 g/mol. The third-order valence-corrected chi connectivity index (χ3v) is 8.10. The van der Waals surface area contributed by atoms with E-state index in [1.165, 1.54) is 19.8 Å². The molecule has 1 saturated heterocycles. The summed E-state index contributed by atoms with van der Waals surface area (Å²) in [6.45, 7) is 3.33. The second kappa shape index (κ2) is 7.06. The number of carbonyl (C=O) groups excluding carboxylic acids is 2. The van der Waals surface area contributed by atoms with Crippen molar-refractivity contribution in [3.8, 4) is 11.5 Å². The number of fused-ring (bicyclic) bond motifs is 1. The van der Waals surface area contributed by atoms with Crippen LogP contribution in [0.15, 0.2) is 12.1 Å². The van der Waals surface area contributed by atoms with E-state index in [4.69, 9.17) is 9.47 Å². The molecule has 4 aliphatic rings. The zero-order valence-electron chi connectivity index (χ0n) is 17.9. The van der Waals surface area contributed by atoms with Gasteiger partial charge in [0.1, 0.15) is 6.29 Å². The number of likely N-dealkylation sites (tertiary alicyclic amines) is 1. The lowest BCUT2D eigenvalue weighted by molar-refractivity contribution is -0.175. The van der Waals surface area contributed by atoms with E-state index in [0.29, 0.717) is 30.8 Å². The minimum absolute atomic E-state index is 0.0329. The lowest BCUT2D eigenvalue weighted by atomic mass is 9.48. The van der Waals surface area contributed by atoms with Gasteiger partial charge in [-0.25, -0.2) is 0 Å². The third kappa shape index (κ3) is 2.83. The summed E-state index contributed by atoms with van der Waals surface area (Å²) in [5.41, 5.74) is 0.463. The molecule has 6 nitrogen and oxygen atoms in total. The molecule has 3 aliphatic carbocycles. The highest BCUT2D eigenvalue weighted by Gasteiger charge is 2.65. The van der Waals surface area contributed by atoms with Crippen LogP contribution in [0.4, 0.5) is 0 Å². The molecule has 1 aromatic carbocycles. The molecule has 6 heteroatoms. The molecule has 0 unspecified atom stereocenters. The van der Waals surface area contributed by atoms with Gasteiger partial charge in [0.15, 0.2) is 11.5 Å². The SMILES string of the molecule is COc1ccc2c(c1OC(C)=O)[C@@]13CCN(CC4CC4)[C@@H](C2)[C@]1(O)CC[C@H](C=O)C3. The maximum Gasteiger partial charge on any atom is 0.308 e. The van der Waals surface area contributed by atoms with Gasteiger partial charge in [-0.3, -0.25) is 9.69 Å². The summed E-state index contributed by atoms with van der Waals surface area (Å²) in [7, 11) is 1.57. The number of hydrogen-bond donors (Lipinski definition) is 1. The number of methoxy groups -OCH3 is 1. The summed E-state index contributed by atoms with van der Waals surface area (Å²) in [4.78, 5) is 26.3. The van der Waals surface area contributed by atoms with Gasteiger partial charge in [0, 0.05) is 36.4 Å². The normalized spacial score (nSPS) is 35.2. The Kier molecular flexibility index (Phi) is 4.71. The van der Waals surface area contributed by atoms with Gasteiger partial charge >= 0.3 is 5.97 Å². The first-order valence-electron chi connectivity index (χ1n) is 11.2. The zero-order valence-corrected chi connectivity index (χ0v) is 17.9. The van der Waals surface area contributed by atoms with Crippen molar-refractivity contribution < 1.29 is 24.2 Å². The van der Waals surface area contributed by atoms with E-state index in [0.717, 1.165) is 49.3 Å². The molecule has 3 fully saturated rings. The van der Waals surface area contributed by atoms with Crippen LogP contribution in [0, 0.1) is 11.8 Å². The predicted octanol–water partition coefficient (Wildman–Crippen LogP) is 2.63. The Labute approximate surface area is 177 Å². The summed E-state index contributed by atoms with van der Waals surface area (Å²) in [5.74, 6) is 1.19. The molecule has 0 spiro atoms. The van der Waals surface area contributed by atoms with E-state index in [9.17, 15) is 14.7 Å². The molecule has 1 aromatic rings. The van der Waals surface area contributed by atoms with Crippen LogP contribution >= 0.6 is 0 Å². The Morgan fingerprint density at radius 2 is 2.10 bits per heavy atom. The van der Waals surface area contributed by atoms with Gasteiger partial charge < -0.3 is 19.4 Å². The Morgan fingerprint density at radius 1 is 1.30 bits per heavy atom. The third-order valence-electron chi connectivity index (χ3n) is 8.10. The summed E-state index contributed by atoms with van der Waals surface area (Å²) in [5, 5.41) is 12.3. The minimum atomic E-state index is -0.937. The van der Waals surface area contributed by atoms with Crippen molar-refractivity contribution in [1.29, 1.82) is 0 Å². The Bertz CT molecular complexity index is 881. The van der Waals surface area contributed by atoms with E-state index >= 15 is 0 Å². The number of rotatable bonds is 5. The number of carbonyl (C=O) groups is 2. The monoisotopic (exact) mass is 413 g/mol. The first kappa shape index (κ1) is 20.0. The summed E-state index contributed by atoms with van der Waals surface area (Å²) in [6.07, 6.45) is 6.98. The van der Waals surface area contributed by atoms with Gasteiger partial charge in [0.25, 0.3) is 0 Å². The largest absolute Gasteiger partial charge is 0.493 e. The number of esters is 1. The maximum absolute atomic E-state index is 12.3. The molecule has 0 amide bonds. The average molecular weight is 414 g/mol. The fourth-order valence-electron chi connectivity index (χ4n) is 6.59. The molecule has 30 heavy (non-hydrogen) atoms. The molecule has 4 atom stereocenters. The van der Waals surface area contributed by atoms with Crippen LogP contribution in [-0.4, -0.2) is 54.1 Å². The van der Waals surface area contributed by atoms with Crippen LogP contribution < -0.4 is 9.47 Å². The first-order valence-corrected chi connectivity index (χ1v) is 11.2. The molecule has 0 radical (unpaired) electrons. The molecule has 1 heterocycles. The van der Waals surface area contributed by atoms with E-state index in [-0.39, 0.29) is 12.0 Å². The van der Waals surface area contributed by atoms with Gasteiger partial charge in [0.05, 0.1) is 12.7 Å². The first-order chi connectivity index (χ1) is 14.4. The van der Waals surface area contributed by atoms with Gasteiger partial charge in [-0.15, -0.1) is 0 Å². The van der Waals surface area contributed by atoms with Gasteiger partial charge in [-0.2, -0.15) is 0 Å². The minimum Gasteiger partial charge on any atom is -0.493 e. The predicted molar refractivity (Wildman–Crippen MR) is 111 cm³/mol. The molecule has 5 rings (SSSR count). The van der Waals surface area contributed by atoms with Crippen LogP contribution in [0.2, 0.25) is 0 Å². The van der Waals surface area contributed by atoms with Crippen molar-refractivity contribution in [3.05, 3.63) is 23.3 Å². The van der Waals surface area contributed by atoms with E-state index < -0.39 is 17.0 Å². The number of hydrogen-bond acceptors (Lipinski definition) is 6. The standard InChI is InChI=1S/C24H31NO5/c1-15(27)30-22-19(29-2)6-5-18-11-20-24(28)8-7-17(14-26)12-23(24,21(18)22)9-10-25(20)13-16-3-4-16/h5-6,14,16-17,20,28H,3-4,7-13H2,1-2H3/t17-,20-,23-,24+/m0/s1. The quantitative estimate of drug-likeness (QED) is 0.454. The van der Waals surface area contributed by atoms with E-state index in [1.807, 2.05) is 6.07 Å². The average Bonchev–Trinajstić information content (AvgIpc) is 3.53. The molecule has 2 bridgehead atoms. The van der Waals surface area contributed by atoms with Crippen LogP contribution in [0.1, 0.15) is 56.6 Å². The van der Waals surface area contributed by atoms with Gasteiger partial charge in [0.2, 0.25) is 0 Å². The molecule has 1 aliphatic heterocycles. The van der Waals surface area contributed by atoms with Crippen molar-refractivity contribution in [1.82, 2.24) is 4.90 Å². The molecular formula is C24H31NO5. The van der Waals surface area contributed by atoms with Crippen molar-refractivity contribution in [2.75, 3.05) is 20.2 Å². The second-order valence-electron chi connectivity index (χ2n) is 9.78. The molecule has 162 valence electrons. The lowest BCUT2D eigenvalue weighted by Gasteiger charge is -2.64. The Balaban J connectivity index is 1.69. The lowest BCUT2D eigenvalue weighted by Crippen LogP contribution is -2.73. The Morgan fingerprint density at radius 3 is 2.77 bits per heavy atom. The highest BCUT2D eigenvalue weighted by atomic mass is 16.6. The number of benzene rings is 1. The van der Waals surface area contributed by atoms with Crippen LogP contribution in [0.5, 0.6) is 11.5 Å². The molecule has 0 aromatic heterocycles. The van der Waals surface area contributed by atoms with Crippen LogP contribution in [0.25, 0.3) is 0 Å². The highest BCUT2D eigenvalue weighted by Crippen LogP contribution is 2.62. The van der Waals surface area contributed by atoms with Crippen molar-refractivity contribution >= 4 is 12.3 Å². The smallest absolute Gasteiger partial charge is 0.308 e. The fourth-order valence-corrected chi connectivity index (χ4v) is 6.59. The summed E-state index contributed by atoms with van der Waals surface area (Å²) < 4.78 is 11.3. The van der Waals surface area contributed by atoms with Crippen molar-refractivity contribution in [3.63, 3.8) is 0 Å². The maximum atomic E-state index is 12.3. The Hall–Kier alpha value is -1.92.